The standard InChI is InChI=1S/C15H26BrNS/c1-2-3-4-5-6-7-8-9-14(17)11-15-10-13(16)12-18-15/h10,12,14H,2-9,11,17H2,1H3. The van der Waals surface area contributed by atoms with Gasteiger partial charge in [-0.3, -0.25) is 0 Å². The molecule has 0 aliphatic heterocycles. The fourth-order valence-corrected chi connectivity index (χ4v) is 3.73. The molecule has 1 unspecified atom stereocenters. The summed E-state index contributed by atoms with van der Waals surface area (Å²) in [6.07, 6.45) is 11.8. The van der Waals surface area contributed by atoms with Crippen LogP contribution in [-0.4, -0.2) is 6.04 Å². The molecule has 0 bridgehead atoms. The molecule has 0 amide bonds. The van der Waals surface area contributed by atoms with E-state index in [-0.39, 0.29) is 0 Å². The van der Waals surface area contributed by atoms with E-state index in [1.165, 1.54) is 60.7 Å². The van der Waals surface area contributed by atoms with Crippen LogP contribution in [0.2, 0.25) is 0 Å². The lowest BCUT2D eigenvalue weighted by atomic mass is 10.0. The fourth-order valence-electron chi connectivity index (χ4n) is 2.18. The van der Waals surface area contributed by atoms with E-state index < -0.39 is 0 Å². The number of hydrogen-bond donors (Lipinski definition) is 1. The van der Waals surface area contributed by atoms with Crippen molar-refractivity contribution in [3.8, 4) is 0 Å². The Kier molecular flexibility index (Phi) is 8.99. The Morgan fingerprint density at radius 3 is 2.44 bits per heavy atom. The Morgan fingerprint density at radius 2 is 1.83 bits per heavy atom. The highest BCUT2D eigenvalue weighted by Crippen LogP contribution is 2.21. The topological polar surface area (TPSA) is 26.0 Å². The van der Waals surface area contributed by atoms with Crippen molar-refractivity contribution >= 4 is 27.3 Å². The lowest BCUT2D eigenvalue weighted by Gasteiger charge is -2.09. The third kappa shape index (κ3) is 7.55. The summed E-state index contributed by atoms with van der Waals surface area (Å²) in [5.41, 5.74) is 6.17. The number of hydrogen-bond acceptors (Lipinski definition) is 2. The summed E-state index contributed by atoms with van der Waals surface area (Å²) in [7, 11) is 0. The number of halogens is 1. The monoisotopic (exact) mass is 331 g/mol. The molecular weight excluding hydrogens is 306 g/mol. The average molecular weight is 332 g/mol. The lowest BCUT2D eigenvalue weighted by Crippen LogP contribution is -2.22. The van der Waals surface area contributed by atoms with Gasteiger partial charge in [0, 0.05) is 20.8 Å². The van der Waals surface area contributed by atoms with Gasteiger partial charge in [-0.05, 0) is 34.8 Å². The molecule has 1 aromatic rings. The van der Waals surface area contributed by atoms with E-state index in [0.717, 1.165) is 6.42 Å². The van der Waals surface area contributed by atoms with Crippen LogP contribution in [0.5, 0.6) is 0 Å². The predicted molar refractivity (Wildman–Crippen MR) is 86.3 cm³/mol. The van der Waals surface area contributed by atoms with Gasteiger partial charge in [-0.1, -0.05) is 51.9 Å². The number of thiophene rings is 1. The Labute approximate surface area is 124 Å². The van der Waals surface area contributed by atoms with Crippen molar-refractivity contribution < 1.29 is 0 Å². The summed E-state index contributed by atoms with van der Waals surface area (Å²) in [5.74, 6) is 0. The van der Waals surface area contributed by atoms with Gasteiger partial charge in [0.1, 0.15) is 0 Å². The first-order chi connectivity index (χ1) is 8.72. The fraction of sp³-hybridized carbons (Fsp3) is 0.733. The number of unbranched alkanes of at least 4 members (excludes halogenated alkanes) is 6. The molecule has 1 nitrogen and oxygen atoms in total. The molecule has 0 aliphatic rings. The maximum Gasteiger partial charge on any atom is 0.0285 e. The summed E-state index contributed by atoms with van der Waals surface area (Å²) in [6.45, 7) is 2.27. The molecule has 1 atom stereocenters. The first kappa shape index (κ1) is 16.2. The molecule has 0 aromatic carbocycles. The first-order valence-electron chi connectivity index (χ1n) is 7.21. The normalized spacial score (nSPS) is 12.8. The molecule has 0 saturated heterocycles. The van der Waals surface area contributed by atoms with E-state index in [9.17, 15) is 0 Å². The zero-order valence-electron chi connectivity index (χ0n) is 11.5. The third-order valence-electron chi connectivity index (χ3n) is 3.26. The van der Waals surface area contributed by atoms with Gasteiger partial charge < -0.3 is 5.73 Å². The zero-order chi connectivity index (χ0) is 13.2. The third-order valence-corrected chi connectivity index (χ3v) is 4.98. The summed E-state index contributed by atoms with van der Waals surface area (Å²) < 4.78 is 1.19. The largest absolute Gasteiger partial charge is 0.327 e. The van der Waals surface area contributed by atoms with Gasteiger partial charge in [0.2, 0.25) is 0 Å². The second kappa shape index (κ2) is 9.99. The zero-order valence-corrected chi connectivity index (χ0v) is 13.9. The minimum absolute atomic E-state index is 0.339. The molecule has 104 valence electrons. The van der Waals surface area contributed by atoms with Crippen LogP contribution in [0.15, 0.2) is 15.9 Å². The van der Waals surface area contributed by atoms with Crippen molar-refractivity contribution in [3.63, 3.8) is 0 Å². The molecule has 1 aromatic heterocycles. The summed E-state index contributed by atoms with van der Waals surface area (Å²) in [4.78, 5) is 1.40. The quantitative estimate of drug-likeness (QED) is 0.561. The van der Waals surface area contributed by atoms with E-state index in [0.29, 0.717) is 6.04 Å². The van der Waals surface area contributed by atoms with Crippen LogP contribution in [0.1, 0.15) is 63.2 Å². The van der Waals surface area contributed by atoms with Gasteiger partial charge in [-0.15, -0.1) is 11.3 Å². The van der Waals surface area contributed by atoms with Crippen LogP contribution < -0.4 is 5.73 Å². The minimum atomic E-state index is 0.339. The Hall–Kier alpha value is 0.140. The maximum atomic E-state index is 6.17. The first-order valence-corrected chi connectivity index (χ1v) is 8.88. The average Bonchev–Trinajstić information content (AvgIpc) is 2.73. The molecule has 1 rings (SSSR count). The molecule has 0 saturated carbocycles. The molecule has 18 heavy (non-hydrogen) atoms. The highest BCUT2D eigenvalue weighted by atomic mass is 79.9. The molecule has 0 aliphatic carbocycles. The van der Waals surface area contributed by atoms with Gasteiger partial charge in [0.15, 0.2) is 0 Å². The smallest absolute Gasteiger partial charge is 0.0285 e. The van der Waals surface area contributed by atoms with Crippen LogP contribution in [0.25, 0.3) is 0 Å². The molecule has 2 N–H and O–H groups in total. The van der Waals surface area contributed by atoms with E-state index in [1.54, 1.807) is 11.3 Å². The molecule has 0 fully saturated rings. The molecular formula is C15H26BrNS. The highest BCUT2D eigenvalue weighted by Gasteiger charge is 2.05. The molecule has 3 heteroatoms. The number of nitrogens with two attached hydrogens (primary N) is 1. The predicted octanol–water partition coefficient (Wildman–Crippen LogP) is 5.52. The van der Waals surface area contributed by atoms with Crippen molar-refractivity contribution in [1.82, 2.24) is 0 Å². The SMILES string of the molecule is CCCCCCCCCC(N)Cc1cc(Br)cs1. The van der Waals surface area contributed by atoms with Crippen LogP contribution in [0, 0.1) is 0 Å². The van der Waals surface area contributed by atoms with Gasteiger partial charge in [-0.25, -0.2) is 0 Å². The molecule has 0 radical (unpaired) electrons. The molecule has 1 heterocycles. The second-order valence-corrected chi connectivity index (χ2v) is 7.02. The maximum absolute atomic E-state index is 6.17. The molecule has 0 spiro atoms. The lowest BCUT2D eigenvalue weighted by molar-refractivity contribution is 0.530. The summed E-state index contributed by atoms with van der Waals surface area (Å²) in [6, 6.07) is 2.53. The Balaban J connectivity index is 1.98. The van der Waals surface area contributed by atoms with Crippen molar-refractivity contribution in [2.45, 2.75) is 70.8 Å². The van der Waals surface area contributed by atoms with Gasteiger partial charge in [0.25, 0.3) is 0 Å². The Bertz CT molecular complexity index is 311. The van der Waals surface area contributed by atoms with Crippen molar-refractivity contribution in [3.05, 3.63) is 20.8 Å². The number of rotatable bonds is 10. The van der Waals surface area contributed by atoms with Gasteiger partial charge >= 0.3 is 0 Å². The van der Waals surface area contributed by atoms with E-state index in [4.69, 9.17) is 5.73 Å². The van der Waals surface area contributed by atoms with E-state index >= 15 is 0 Å². The van der Waals surface area contributed by atoms with Crippen LogP contribution in [-0.2, 0) is 6.42 Å². The highest BCUT2D eigenvalue weighted by molar-refractivity contribution is 9.10. The van der Waals surface area contributed by atoms with Crippen LogP contribution >= 0.6 is 27.3 Å². The van der Waals surface area contributed by atoms with Crippen molar-refractivity contribution in [1.29, 1.82) is 0 Å². The second-order valence-electron chi connectivity index (χ2n) is 5.11. The van der Waals surface area contributed by atoms with Crippen molar-refractivity contribution in [2.24, 2.45) is 5.73 Å². The van der Waals surface area contributed by atoms with Gasteiger partial charge in [0.05, 0.1) is 0 Å². The van der Waals surface area contributed by atoms with Crippen LogP contribution in [0.3, 0.4) is 0 Å². The summed E-state index contributed by atoms with van der Waals surface area (Å²) in [5, 5.41) is 2.13. The summed E-state index contributed by atoms with van der Waals surface area (Å²) >= 11 is 5.29. The van der Waals surface area contributed by atoms with Gasteiger partial charge in [-0.2, -0.15) is 0 Å². The minimum Gasteiger partial charge on any atom is -0.327 e. The Morgan fingerprint density at radius 1 is 1.17 bits per heavy atom. The van der Waals surface area contributed by atoms with Crippen LogP contribution in [0.4, 0.5) is 0 Å². The van der Waals surface area contributed by atoms with Crippen molar-refractivity contribution in [2.75, 3.05) is 0 Å². The van der Waals surface area contributed by atoms with E-state index in [1.807, 2.05) is 0 Å². The van der Waals surface area contributed by atoms with E-state index in [2.05, 4.69) is 34.3 Å².